The van der Waals surface area contributed by atoms with Crippen molar-refractivity contribution < 1.29 is 45.8 Å². The fraction of sp³-hybridized carbons (Fsp3) is 0.800. The predicted molar refractivity (Wildman–Crippen MR) is 146 cm³/mol. The van der Waals surface area contributed by atoms with E-state index in [4.69, 9.17) is 21.8 Å². The van der Waals surface area contributed by atoms with E-state index in [1.54, 1.807) is 0 Å². The van der Waals surface area contributed by atoms with Crippen molar-refractivity contribution in [3.63, 3.8) is 0 Å². The number of rotatable bonds is 17. The highest BCUT2D eigenvalue weighted by molar-refractivity contribution is 6.85. The van der Waals surface area contributed by atoms with Gasteiger partial charge >= 0.3 is 29.5 Å². The van der Waals surface area contributed by atoms with E-state index in [0.29, 0.717) is 6.42 Å². The van der Waals surface area contributed by atoms with E-state index in [2.05, 4.69) is 6.58 Å². The van der Waals surface area contributed by atoms with Crippen molar-refractivity contribution in [3.05, 3.63) is 12.2 Å². The first-order chi connectivity index (χ1) is 15.5. The Hall–Kier alpha value is -0.476. The zero-order chi connectivity index (χ0) is 27.7. The molecule has 0 atom stereocenters. The third kappa shape index (κ3) is 19.3. The van der Waals surface area contributed by atoms with Crippen molar-refractivity contribution >= 4 is 54.5 Å². The Balaban J connectivity index is 4.42. The van der Waals surface area contributed by atoms with Gasteiger partial charge in [0.05, 0.1) is 19.6 Å². The molecule has 0 fully saturated rings. The Morgan fingerprint density at radius 1 is 0.686 bits per heavy atom. The van der Waals surface area contributed by atoms with Crippen LogP contribution in [0, 0.1) is 0 Å². The number of ether oxygens (including phenoxy) is 2. The molecule has 0 bridgehead atoms. The van der Waals surface area contributed by atoms with Crippen LogP contribution in [0.25, 0.3) is 0 Å². The van der Waals surface area contributed by atoms with Crippen LogP contribution in [0.1, 0.15) is 19.3 Å². The minimum atomic E-state index is -3.77. The molecule has 35 heavy (non-hydrogen) atoms. The first-order valence-corrected chi connectivity index (χ1v) is 26.0. The SMILES string of the molecule is C=C(CC(=O)OCCC[Si](O)(O)O[Si](C)(C)C)C(=O)OCCC[Si](O)(O[Si](C)(C)C)O[Si](C)(C)C. The molecule has 3 N–H and O–H groups in total. The Morgan fingerprint density at radius 2 is 1.11 bits per heavy atom. The summed E-state index contributed by atoms with van der Waals surface area (Å²) in [4.78, 5) is 55.0. The lowest BCUT2D eigenvalue weighted by molar-refractivity contribution is -0.146. The summed E-state index contributed by atoms with van der Waals surface area (Å²) in [7, 11) is -13.3. The lowest BCUT2D eigenvalue weighted by Gasteiger charge is -2.35. The molecule has 0 aliphatic rings. The van der Waals surface area contributed by atoms with Gasteiger partial charge in [0.25, 0.3) is 0 Å². The van der Waals surface area contributed by atoms with Crippen LogP contribution in [0.15, 0.2) is 12.2 Å². The summed E-state index contributed by atoms with van der Waals surface area (Å²) in [5.41, 5.74) is -0.0469. The Labute approximate surface area is 215 Å². The summed E-state index contributed by atoms with van der Waals surface area (Å²) in [6.45, 7) is 21.0. The van der Waals surface area contributed by atoms with Gasteiger partial charge in [-0.3, -0.25) is 4.79 Å². The summed E-state index contributed by atoms with van der Waals surface area (Å²) < 4.78 is 27.6. The third-order valence-corrected chi connectivity index (χ3v) is 17.0. The first kappa shape index (κ1) is 34.5. The molecule has 0 aromatic heterocycles. The summed E-state index contributed by atoms with van der Waals surface area (Å²) >= 11 is 0. The molecular formula is C20H46O10Si5. The van der Waals surface area contributed by atoms with Crippen LogP contribution in [0.5, 0.6) is 0 Å². The fourth-order valence-corrected chi connectivity index (χ4v) is 17.5. The van der Waals surface area contributed by atoms with Crippen molar-refractivity contribution in [2.45, 2.75) is 90.3 Å². The number of hydrogen-bond donors (Lipinski definition) is 3. The topological polar surface area (TPSA) is 141 Å². The number of carbonyl (C=O) groups is 2. The first-order valence-electron chi connectivity index (χ1n) is 11.8. The summed E-state index contributed by atoms with van der Waals surface area (Å²) in [6, 6.07) is 0.289. The maximum Gasteiger partial charge on any atom is 0.485 e. The Kier molecular flexibility index (Phi) is 13.7. The van der Waals surface area contributed by atoms with E-state index in [1.807, 2.05) is 58.9 Å². The largest absolute Gasteiger partial charge is 0.485 e. The Morgan fingerprint density at radius 3 is 1.57 bits per heavy atom. The van der Waals surface area contributed by atoms with Crippen molar-refractivity contribution in [1.29, 1.82) is 0 Å². The quantitative estimate of drug-likeness (QED) is 0.101. The summed E-state index contributed by atoms with van der Waals surface area (Å²) in [5.74, 6) is -1.37. The molecule has 0 spiro atoms. The average molecular weight is 587 g/mol. The number of esters is 2. The van der Waals surface area contributed by atoms with Gasteiger partial charge < -0.3 is 36.2 Å². The van der Waals surface area contributed by atoms with E-state index < -0.39 is 54.5 Å². The zero-order valence-corrected chi connectivity index (χ0v) is 27.9. The molecule has 0 saturated heterocycles. The van der Waals surface area contributed by atoms with E-state index in [-0.39, 0.29) is 43.7 Å². The monoisotopic (exact) mass is 586 g/mol. The van der Waals surface area contributed by atoms with E-state index in [0.717, 1.165) is 0 Å². The van der Waals surface area contributed by atoms with Gasteiger partial charge in [0.1, 0.15) is 0 Å². The molecule has 0 aromatic carbocycles. The van der Waals surface area contributed by atoms with Crippen molar-refractivity contribution in [2.24, 2.45) is 0 Å². The maximum atomic E-state index is 12.2. The number of carbonyl (C=O) groups excluding carboxylic acids is 2. The molecular weight excluding hydrogens is 541 g/mol. The van der Waals surface area contributed by atoms with Gasteiger partial charge in [0.15, 0.2) is 25.0 Å². The zero-order valence-electron chi connectivity index (χ0n) is 22.9. The van der Waals surface area contributed by atoms with Gasteiger partial charge in [-0.05, 0) is 71.8 Å². The highest BCUT2D eigenvalue weighted by Crippen LogP contribution is 2.23. The second-order valence-electron chi connectivity index (χ2n) is 11.4. The fourth-order valence-electron chi connectivity index (χ4n) is 2.97. The molecule has 0 rings (SSSR count). The minimum absolute atomic E-state index is 0.0199. The predicted octanol–water partition coefficient (Wildman–Crippen LogP) is 3.21. The van der Waals surface area contributed by atoms with Crippen LogP contribution in [-0.2, 0) is 31.4 Å². The van der Waals surface area contributed by atoms with Crippen LogP contribution in [0.2, 0.25) is 71.0 Å². The molecule has 0 saturated carbocycles. The highest BCUT2D eigenvalue weighted by atomic mass is 28.5. The van der Waals surface area contributed by atoms with Crippen LogP contribution in [-0.4, -0.2) is 82.1 Å². The van der Waals surface area contributed by atoms with Crippen LogP contribution in [0.3, 0.4) is 0 Å². The molecule has 10 nitrogen and oxygen atoms in total. The molecule has 0 unspecified atom stereocenters. The van der Waals surface area contributed by atoms with Crippen LogP contribution < -0.4 is 0 Å². The molecule has 0 amide bonds. The lowest BCUT2D eigenvalue weighted by Crippen LogP contribution is -2.55. The second kappa shape index (κ2) is 13.9. The van der Waals surface area contributed by atoms with E-state index in [9.17, 15) is 24.0 Å². The summed E-state index contributed by atoms with van der Waals surface area (Å²) in [6.07, 6.45) is 0.258. The van der Waals surface area contributed by atoms with E-state index in [1.165, 1.54) is 0 Å². The standard InChI is InChI=1S/C20H46O10Si5/c1-18(17-19(21)26-13-11-15-34(23,24)28-31(2,3)4)20(22)27-14-12-16-35(25,29-32(5,6)7)30-33(8,9)10/h23-25H,1,11-17H2,2-10H3. The average Bonchev–Trinajstić information content (AvgIpc) is 2.56. The maximum absolute atomic E-state index is 12.2. The molecule has 0 aliphatic heterocycles. The van der Waals surface area contributed by atoms with Gasteiger partial charge in [0, 0.05) is 17.7 Å². The van der Waals surface area contributed by atoms with E-state index >= 15 is 0 Å². The molecule has 0 aromatic rings. The van der Waals surface area contributed by atoms with Crippen LogP contribution >= 0.6 is 0 Å². The van der Waals surface area contributed by atoms with Crippen LogP contribution in [0.4, 0.5) is 0 Å². The molecule has 0 aliphatic carbocycles. The molecule has 0 radical (unpaired) electrons. The highest BCUT2D eigenvalue weighted by Gasteiger charge is 2.44. The number of hydrogen-bond acceptors (Lipinski definition) is 10. The van der Waals surface area contributed by atoms with Gasteiger partial charge in [-0.2, -0.15) is 0 Å². The third-order valence-electron chi connectivity index (χ3n) is 3.83. The second-order valence-corrected chi connectivity index (χ2v) is 30.5. The normalized spacial score (nSPS) is 13.5. The lowest BCUT2D eigenvalue weighted by atomic mass is 10.2. The summed E-state index contributed by atoms with van der Waals surface area (Å²) in [5, 5.41) is 0. The van der Waals surface area contributed by atoms with Gasteiger partial charge in [-0.25, -0.2) is 4.79 Å². The van der Waals surface area contributed by atoms with Gasteiger partial charge in [-0.1, -0.05) is 6.58 Å². The molecule has 206 valence electrons. The molecule has 15 heteroatoms. The molecule has 0 heterocycles. The van der Waals surface area contributed by atoms with Crippen molar-refractivity contribution in [2.75, 3.05) is 13.2 Å². The van der Waals surface area contributed by atoms with Gasteiger partial charge in [0.2, 0.25) is 0 Å². The minimum Gasteiger partial charge on any atom is -0.465 e. The Bertz CT molecular complexity index is 695. The smallest absolute Gasteiger partial charge is 0.465 e. The van der Waals surface area contributed by atoms with Gasteiger partial charge in [-0.15, -0.1) is 0 Å². The van der Waals surface area contributed by atoms with Crippen molar-refractivity contribution in [1.82, 2.24) is 0 Å². The van der Waals surface area contributed by atoms with Crippen molar-refractivity contribution in [3.8, 4) is 0 Å².